The number of methoxy groups -OCH3 is 1. The molecule has 1 N–H and O–H groups in total. The second-order valence-electron chi connectivity index (χ2n) is 11.6. The van der Waals surface area contributed by atoms with Gasteiger partial charge in [-0.2, -0.15) is 0 Å². The van der Waals surface area contributed by atoms with Gasteiger partial charge in [0.05, 0.1) is 19.6 Å². The van der Waals surface area contributed by atoms with E-state index in [9.17, 15) is 24.0 Å². The first-order chi connectivity index (χ1) is 22.1. The minimum absolute atomic E-state index is 0.0217. The highest BCUT2D eigenvalue weighted by Gasteiger charge is 2.26. The van der Waals surface area contributed by atoms with Crippen LogP contribution in [0.3, 0.4) is 0 Å². The lowest BCUT2D eigenvalue weighted by Gasteiger charge is -2.32. The van der Waals surface area contributed by atoms with Gasteiger partial charge in [0, 0.05) is 66.5 Å². The van der Waals surface area contributed by atoms with Crippen molar-refractivity contribution in [2.75, 3.05) is 46.4 Å². The van der Waals surface area contributed by atoms with Gasteiger partial charge in [0.2, 0.25) is 23.6 Å². The molecule has 0 bridgehead atoms. The fourth-order valence-electron chi connectivity index (χ4n) is 5.64. The molecule has 1 aliphatic rings. The summed E-state index contributed by atoms with van der Waals surface area (Å²) in [5.74, 6) is 0.418. The third-order valence-corrected chi connectivity index (χ3v) is 8.13. The summed E-state index contributed by atoms with van der Waals surface area (Å²) in [4.78, 5) is 68.3. The number of nitrogens with one attached hydrogen (secondary N) is 1. The topological polar surface area (TPSA) is 126 Å². The quantitative estimate of drug-likeness (QED) is 0.377. The maximum atomic E-state index is 13.3. The fraction of sp³-hybridized carbons (Fsp3) is 0.514. The van der Waals surface area contributed by atoms with Crippen molar-refractivity contribution in [3.63, 3.8) is 0 Å². The van der Waals surface area contributed by atoms with Crippen molar-refractivity contribution in [1.29, 1.82) is 0 Å². The molecule has 11 nitrogen and oxygen atoms in total. The normalized spacial score (nSPS) is 17.4. The second-order valence-corrected chi connectivity index (χ2v) is 11.6. The second kappa shape index (κ2) is 18.5. The number of benzene rings is 2. The van der Waals surface area contributed by atoms with Crippen molar-refractivity contribution in [2.24, 2.45) is 0 Å². The first-order valence-electron chi connectivity index (χ1n) is 16.1. The maximum Gasteiger partial charge on any atom is 0.308 e. The number of esters is 1. The molecule has 1 heterocycles. The van der Waals surface area contributed by atoms with Crippen LogP contribution in [0, 0.1) is 0 Å². The molecule has 1 aliphatic heterocycles. The zero-order valence-electron chi connectivity index (χ0n) is 27.6. The van der Waals surface area contributed by atoms with E-state index in [1.807, 2.05) is 41.3 Å². The van der Waals surface area contributed by atoms with E-state index >= 15 is 0 Å². The molecular weight excluding hydrogens is 588 g/mol. The van der Waals surface area contributed by atoms with Crippen LogP contribution in [0.25, 0.3) is 0 Å². The van der Waals surface area contributed by atoms with Crippen LogP contribution in [0.2, 0.25) is 0 Å². The monoisotopic (exact) mass is 636 g/mol. The van der Waals surface area contributed by atoms with Gasteiger partial charge in [0.25, 0.3) is 0 Å². The van der Waals surface area contributed by atoms with Gasteiger partial charge in [0.1, 0.15) is 11.5 Å². The lowest BCUT2D eigenvalue weighted by Crippen LogP contribution is -2.39. The molecule has 0 radical (unpaired) electrons. The SMILES string of the molecule is COc1ccc(C2CC(=O)NCCCN(C(=O)CCc3ccc(OC(C)=O)cc3)CCCCN(C(C)=O)CCCN2C(C)=O)cc1. The first-order valence-corrected chi connectivity index (χ1v) is 16.1. The van der Waals surface area contributed by atoms with Gasteiger partial charge in [0.15, 0.2) is 0 Å². The number of hydrogen-bond donors (Lipinski definition) is 1. The number of carbonyl (C=O) groups excluding carboxylic acids is 5. The molecule has 0 spiro atoms. The average Bonchev–Trinajstić information content (AvgIpc) is 3.03. The van der Waals surface area contributed by atoms with Gasteiger partial charge in [-0.3, -0.25) is 24.0 Å². The van der Waals surface area contributed by atoms with E-state index < -0.39 is 6.04 Å². The average molecular weight is 637 g/mol. The van der Waals surface area contributed by atoms with Gasteiger partial charge in [-0.15, -0.1) is 0 Å². The molecule has 11 heteroatoms. The molecule has 0 aromatic heterocycles. The Morgan fingerprint density at radius 1 is 0.761 bits per heavy atom. The van der Waals surface area contributed by atoms with Crippen LogP contribution >= 0.6 is 0 Å². The Bertz CT molecular complexity index is 1310. The van der Waals surface area contributed by atoms with Crippen LogP contribution in [0.1, 0.15) is 76.5 Å². The molecule has 0 aliphatic carbocycles. The molecule has 46 heavy (non-hydrogen) atoms. The van der Waals surface area contributed by atoms with Crippen LogP contribution < -0.4 is 14.8 Å². The Hall–Kier alpha value is -4.41. The summed E-state index contributed by atoms with van der Waals surface area (Å²) in [6.45, 7) is 7.29. The van der Waals surface area contributed by atoms with Crippen molar-refractivity contribution in [2.45, 2.75) is 71.8 Å². The lowest BCUT2D eigenvalue weighted by molar-refractivity contribution is -0.134. The predicted molar refractivity (Wildman–Crippen MR) is 174 cm³/mol. The van der Waals surface area contributed by atoms with Crippen molar-refractivity contribution in [3.8, 4) is 11.5 Å². The number of ether oxygens (including phenoxy) is 2. The fourth-order valence-corrected chi connectivity index (χ4v) is 5.64. The molecule has 1 unspecified atom stereocenters. The summed E-state index contributed by atoms with van der Waals surface area (Å²) in [6.07, 6.45) is 3.58. The number of rotatable bonds is 6. The van der Waals surface area contributed by atoms with Crippen LogP contribution in [-0.4, -0.2) is 90.7 Å². The van der Waals surface area contributed by atoms with Crippen molar-refractivity contribution in [1.82, 2.24) is 20.0 Å². The van der Waals surface area contributed by atoms with Crippen LogP contribution in [0.5, 0.6) is 11.5 Å². The van der Waals surface area contributed by atoms with Gasteiger partial charge in [-0.25, -0.2) is 0 Å². The number of nitrogens with zero attached hydrogens (tertiary/aromatic N) is 3. The molecule has 1 saturated heterocycles. The predicted octanol–water partition coefficient (Wildman–Crippen LogP) is 3.90. The van der Waals surface area contributed by atoms with Crippen molar-refractivity contribution >= 4 is 29.6 Å². The van der Waals surface area contributed by atoms with E-state index in [1.54, 1.807) is 36.0 Å². The van der Waals surface area contributed by atoms with Crippen LogP contribution in [-0.2, 0) is 30.4 Å². The standard InChI is InChI=1S/C35H48N4O7/c1-26(40)37-20-5-6-21-38(35(44)18-11-29-9-14-32(15-10-29)46-28(3)42)22-7-19-36-34(43)25-33(39(27(2)41)24-8-23-37)30-12-16-31(45-4)17-13-30/h9-10,12-17,33H,5-8,11,18-25H2,1-4H3,(H,36,43). The molecule has 2 aromatic rings. The highest BCUT2D eigenvalue weighted by atomic mass is 16.5. The van der Waals surface area contributed by atoms with Crippen molar-refractivity contribution < 1.29 is 33.4 Å². The zero-order valence-corrected chi connectivity index (χ0v) is 27.6. The van der Waals surface area contributed by atoms with E-state index in [0.29, 0.717) is 76.5 Å². The van der Waals surface area contributed by atoms with Crippen LogP contribution in [0.4, 0.5) is 0 Å². The molecule has 250 valence electrons. The highest BCUT2D eigenvalue weighted by Crippen LogP contribution is 2.27. The molecular formula is C35H48N4O7. The van der Waals surface area contributed by atoms with Gasteiger partial charge in [-0.05, 0) is 67.5 Å². The van der Waals surface area contributed by atoms with E-state index in [1.165, 1.54) is 13.8 Å². The first kappa shape index (κ1) is 36.1. The molecule has 2 aromatic carbocycles. The van der Waals surface area contributed by atoms with Gasteiger partial charge < -0.3 is 29.5 Å². The number of hydrogen-bond acceptors (Lipinski definition) is 7. The summed E-state index contributed by atoms with van der Waals surface area (Å²) < 4.78 is 10.4. The van der Waals surface area contributed by atoms with Crippen molar-refractivity contribution in [3.05, 3.63) is 59.7 Å². The van der Waals surface area contributed by atoms with E-state index in [4.69, 9.17) is 9.47 Å². The van der Waals surface area contributed by atoms with E-state index in [2.05, 4.69) is 5.32 Å². The number of carbonyl (C=O) groups is 5. The summed E-state index contributed by atoms with van der Waals surface area (Å²) in [6, 6.07) is 14.0. The zero-order chi connectivity index (χ0) is 33.5. The summed E-state index contributed by atoms with van der Waals surface area (Å²) in [7, 11) is 1.58. The summed E-state index contributed by atoms with van der Waals surface area (Å²) in [5.41, 5.74) is 1.79. The third-order valence-electron chi connectivity index (χ3n) is 8.13. The molecule has 0 saturated carbocycles. The molecule has 1 fully saturated rings. The number of aryl methyl sites for hydroxylation is 1. The minimum atomic E-state index is -0.481. The Balaban J connectivity index is 1.71. The summed E-state index contributed by atoms with van der Waals surface area (Å²) >= 11 is 0. The summed E-state index contributed by atoms with van der Waals surface area (Å²) in [5, 5.41) is 2.99. The Kier molecular flexibility index (Phi) is 14.5. The smallest absolute Gasteiger partial charge is 0.308 e. The van der Waals surface area contributed by atoms with Crippen LogP contribution in [0.15, 0.2) is 48.5 Å². The van der Waals surface area contributed by atoms with E-state index in [-0.39, 0.29) is 36.0 Å². The van der Waals surface area contributed by atoms with Gasteiger partial charge in [-0.1, -0.05) is 24.3 Å². The largest absolute Gasteiger partial charge is 0.497 e. The minimum Gasteiger partial charge on any atom is -0.497 e. The van der Waals surface area contributed by atoms with Gasteiger partial charge >= 0.3 is 5.97 Å². The Morgan fingerprint density at radius 2 is 1.37 bits per heavy atom. The lowest BCUT2D eigenvalue weighted by atomic mass is 10.0. The van der Waals surface area contributed by atoms with E-state index in [0.717, 1.165) is 24.0 Å². The Morgan fingerprint density at radius 3 is 1.98 bits per heavy atom. The molecule has 1 atom stereocenters. The third kappa shape index (κ3) is 11.8. The molecule has 4 amide bonds. The molecule has 3 rings (SSSR count). The highest BCUT2D eigenvalue weighted by molar-refractivity contribution is 5.79. The Labute approximate surface area is 272 Å². The maximum absolute atomic E-state index is 13.3. The number of amides is 4.